The van der Waals surface area contributed by atoms with Gasteiger partial charge in [0.1, 0.15) is 5.69 Å². The Morgan fingerprint density at radius 3 is 2.63 bits per heavy atom. The van der Waals surface area contributed by atoms with Crippen LogP contribution in [-0.4, -0.2) is 46.3 Å². The first kappa shape index (κ1) is 23.8. The Hall–Kier alpha value is -2.94. The van der Waals surface area contributed by atoms with E-state index < -0.39 is 5.91 Å². The first-order valence-electron chi connectivity index (χ1n) is 11.6. The van der Waals surface area contributed by atoms with Crippen LogP contribution < -0.4 is 10.6 Å². The Bertz CT molecular complexity index is 1280. The lowest BCUT2D eigenvalue weighted by molar-refractivity contribution is -0.0316. The maximum absolute atomic E-state index is 13.6. The topological polar surface area (TPSA) is 98.1 Å². The van der Waals surface area contributed by atoms with Crippen molar-refractivity contribution in [2.24, 2.45) is 11.8 Å². The molecule has 2 N–H and O–H groups in total. The Balaban J connectivity index is 1.47. The molecule has 0 radical (unpaired) electrons. The highest BCUT2D eigenvalue weighted by atomic mass is 35.5. The molecule has 0 unspecified atom stereocenters. The molecule has 182 valence electrons. The molecular weight excluding hydrogens is 489 g/mol. The van der Waals surface area contributed by atoms with E-state index in [1.807, 2.05) is 0 Å². The van der Waals surface area contributed by atoms with Crippen molar-refractivity contribution in [3.05, 3.63) is 69.1 Å². The highest BCUT2D eigenvalue weighted by Crippen LogP contribution is 2.30. The number of carbonyl (C=O) groups excluding carboxylic acids is 2. The van der Waals surface area contributed by atoms with Gasteiger partial charge in [-0.15, -0.1) is 0 Å². The van der Waals surface area contributed by atoms with Crippen LogP contribution in [-0.2, 0) is 11.2 Å². The zero-order valence-electron chi connectivity index (χ0n) is 19.2. The number of carbonyl (C=O) groups is 2. The van der Waals surface area contributed by atoms with E-state index in [1.165, 1.54) is 4.68 Å². The van der Waals surface area contributed by atoms with Crippen molar-refractivity contribution in [3.8, 4) is 5.82 Å². The molecule has 1 aliphatic carbocycles. The second-order valence-electron chi connectivity index (χ2n) is 9.10. The number of benzene rings is 1. The molecule has 2 amide bonds. The monoisotopic (exact) mass is 513 g/mol. The predicted molar refractivity (Wildman–Crippen MR) is 134 cm³/mol. The molecule has 0 spiro atoms. The summed E-state index contributed by atoms with van der Waals surface area (Å²) in [7, 11) is 0. The van der Waals surface area contributed by atoms with Gasteiger partial charge in [0.2, 0.25) is 0 Å². The van der Waals surface area contributed by atoms with Gasteiger partial charge in [-0.25, -0.2) is 9.67 Å². The average Bonchev–Trinajstić information content (AvgIpc) is 3.54. The lowest BCUT2D eigenvalue weighted by Gasteiger charge is -2.24. The molecule has 2 aliphatic rings. The molecule has 2 aromatic heterocycles. The van der Waals surface area contributed by atoms with E-state index in [0.29, 0.717) is 70.7 Å². The molecule has 10 heteroatoms. The van der Waals surface area contributed by atoms with Crippen LogP contribution in [0.3, 0.4) is 0 Å². The third-order valence-electron chi connectivity index (χ3n) is 6.17. The van der Waals surface area contributed by atoms with E-state index in [4.69, 9.17) is 27.9 Å². The van der Waals surface area contributed by atoms with Gasteiger partial charge >= 0.3 is 0 Å². The van der Waals surface area contributed by atoms with Crippen molar-refractivity contribution in [3.63, 3.8) is 0 Å². The van der Waals surface area contributed by atoms with Crippen LogP contribution in [0.4, 0.5) is 5.69 Å². The number of pyridine rings is 1. The average molecular weight is 514 g/mol. The first-order valence-corrected chi connectivity index (χ1v) is 12.3. The summed E-state index contributed by atoms with van der Waals surface area (Å²) in [5, 5.41) is 11.3. The third-order valence-corrected chi connectivity index (χ3v) is 6.68. The summed E-state index contributed by atoms with van der Waals surface area (Å²) in [6, 6.07) is 8.42. The van der Waals surface area contributed by atoms with Crippen molar-refractivity contribution in [1.82, 2.24) is 20.1 Å². The van der Waals surface area contributed by atoms with Crippen LogP contribution in [0.25, 0.3) is 5.82 Å². The van der Waals surface area contributed by atoms with Crippen molar-refractivity contribution in [2.45, 2.75) is 26.2 Å². The molecule has 0 bridgehead atoms. The molecule has 0 atom stereocenters. The number of aromatic nitrogens is 3. The molecule has 2 fully saturated rings. The SMILES string of the molecule is Cc1cc(Cl)cc(C(=O)NCC2CC2)c1NC(=O)c1cc(CC2COC2)nn1-c1ncccc1Cl. The number of anilines is 1. The van der Waals surface area contributed by atoms with Gasteiger partial charge in [0.05, 0.1) is 35.2 Å². The zero-order chi connectivity index (χ0) is 24.5. The second-order valence-corrected chi connectivity index (χ2v) is 9.95. The van der Waals surface area contributed by atoms with Gasteiger partial charge < -0.3 is 15.4 Å². The minimum atomic E-state index is -0.433. The Kier molecular flexibility index (Phi) is 6.77. The van der Waals surface area contributed by atoms with E-state index >= 15 is 0 Å². The standard InChI is InChI=1S/C25H25Cl2N5O3/c1-14-7-17(26)9-19(24(33)29-11-15-4-5-15)22(14)30-25(34)21-10-18(8-16-12-35-13-16)31-32(21)23-20(27)3-2-6-28-23/h2-3,6-7,9-10,15-16H,4-5,8,11-13H2,1H3,(H,29,33)(H,30,34). The third kappa shape index (κ3) is 5.34. The Labute approximate surface area is 213 Å². The molecule has 35 heavy (non-hydrogen) atoms. The van der Waals surface area contributed by atoms with Crippen LogP contribution in [0.15, 0.2) is 36.5 Å². The fraction of sp³-hybridized carbons (Fsp3) is 0.360. The number of ether oxygens (including phenoxy) is 1. The van der Waals surface area contributed by atoms with Gasteiger partial charge in [0.15, 0.2) is 5.82 Å². The normalized spacial score (nSPS) is 15.5. The summed E-state index contributed by atoms with van der Waals surface area (Å²) >= 11 is 12.6. The molecule has 1 saturated heterocycles. The van der Waals surface area contributed by atoms with Crippen LogP contribution in [0, 0.1) is 18.8 Å². The Morgan fingerprint density at radius 1 is 1.14 bits per heavy atom. The maximum atomic E-state index is 13.6. The smallest absolute Gasteiger partial charge is 0.274 e. The number of nitrogens with zero attached hydrogens (tertiary/aromatic N) is 3. The van der Waals surface area contributed by atoms with Crippen molar-refractivity contribution in [1.29, 1.82) is 0 Å². The molecule has 3 heterocycles. The van der Waals surface area contributed by atoms with Gasteiger partial charge in [-0.05, 0) is 68.0 Å². The molecule has 5 rings (SSSR count). The number of amides is 2. The quantitative estimate of drug-likeness (QED) is 0.463. The largest absolute Gasteiger partial charge is 0.381 e. The predicted octanol–water partition coefficient (Wildman–Crippen LogP) is 4.46. The molecule has 1 saturated carbocycles. The second kappa shape index (κ2) is 9.97. The van der Waals surface area contributed by atoms with Gasteiger partial charge in [0, 0.05) is 23.7 Å². The molecule has 8 nitrogen and oxygen atoms in total. The van der Waals surface area contributed by atoms with E-state index in [0.717, 1.165) is 18.5 Å². The number of nitrogens with one attached hydrogen (secondary N) is 2. The number of rotatable bonds is 8. The van der Waals surface area contributed by atoms with Crippen LogP contribution >= 0.6 is 23.2 Å². The van der Waals surface area contributed by atoms with Crippen LogP contribution in [0.5, 0.6) is 0 Å². The number of hydrogen-bond donors (Lipinski definition) is 2. The molecule has 3 aromatic rings. The number of halogens is 2. The van der Waals surface area contributed by atoms with E-state index in [1.54, 1.807) is 43.5 Å². The van der Waals surface area contributed by atoms with E-state index in [2.05, 4.69) is 20.7 Å². The molecular formula is C25H25Cl2N5O3. The number of hydrogen-bond acceptors (Lipinski definition) is 5. The number of aryl methyl sites for hydroxylation is 1. The lowest BCUT2D eigenvalue weighted by atomic mass is 10.0. The van der Waals surface area contributed by atoms with Gasteiger partial charge in [-0.3, -0.25) is 9.59 Å². The van der Waals surface area contributed by atoms with E-state index in [9.17, 15) is 9.59 Å². The summed E-state index contributed by atoms with van der Waals surface area (Å²) in [5.74, 6) is 0.523. The van der Waals surface area contributed by atoms with Gasteiger partial charge in [0.25, 0.3) is 11.8 Å². The molecule has 1 aromatic carbocycles. The summed E-state index contributed by atoms with van der Waals surface area (Å²) in [4.78, 5) is 30.8. The maximum Gasteiger partial charge on any atom is 0.274 e. The van der Waals surface area contributed by atoms with Crippen molar-refractivity contribution < 1.29 is 14.3 Å². The van der Waals surface area contributed by atoms with E-state index in [-0.39, 0.29) is 11.6 Å². The summed E-state index contributed by atoms with van der Waals surface area (Å²) in [5.41, 5.74) is 2.40. The molecule has 1 aliphatic heterocycles. The highest BCUT2D eigenvalue weighted by Gasteiger charge is 2.26. The summed E-state index contributed by atoms with van der Waals surface area (Å²) < 4.78 is 6.72. The Morgan fingerprint density at radius 2 is 1.94 bits per heavy atom. The van der Waals surface area contributed by atoms with Crippen molar-refractivity contribution >= 4 is 40.7 Å². The summed E-state index contributed by atoms with van der Waals surface area (Å²) in [6.07, 6.45) is 4.50. The van der Waals surface area contributed by atoms with Gasteiger partial charge in [-0.2, -0.15) is 5.10 Å². The fourth-order valence-corrected chi connectivity index (χ4v) is 4.48. The first-order chi connectivity index (χ1) is 16.9. The van der Waals surface area contributed by atoms with Crippen LogP contribution in [0.2, 0.25) is 10.0 Å². The fourth-order valence-electron chi connectivity index (χ4n) is 4.00. The van der Waals surface area contributed by atoms with Gasteiger partial charge in [-0.1, -0.05) is 23.2 Å². The van der Waals surface area contributed by atoms with Crippen molar-refractivity contribution in [2.75, 3.05) is 25.1 Å². The lowest BCUT2D eigenvalue weighted by Crippen LogP contribution is -2.29. The zero-order valence-corrected chi connectivity index (χ0v) is 20.7. The summed E-state index contributed by atoms with van der Waals surface area (Å²) in [6.45, 7) is 3.75. The van der Waals surface area contributed by atoms with Crippen LogP contribution in [0.1, 0.15) is 44.9 Å². The highest BCUT2D eigenvalue weighted by molar-refractivity contribution is 6.32. The minimum Gasteiger partial charge on any atom is -0.381 e. The minimum absolute atomic E-state index is 0.263.